The molecule has 4 N–H and O–H groups in total. The second kappa shape index (κ2) is 13.5. The number of nitrogens with two attached hydrogens (primary N) is 1. The fourth-order valence-corrected chi connectivity index (χ4v) is 6.59. The molecule has 3 fully saturated rings. The van der Waals surface area contributed by atoms with Crippen LogP contribution in [0.1, 0.15) is 24.8 Å². The van der Waals surface area contributed by atoms with Crippen LogP contribution in [0.3, 0.4) is 0 Å². The second-order valence-electron chi connectivity index (χ2n) is 10.5. The highest BCUT2D eigenvalue weighted by atomic mass is 32.2. The van der Waals surface area contributed by atoms with Crippen LogP contribution in [0, 0.1) is 5.92 Å². The van der Waals surface area contributed by atoms with Gasteiger partial charge in [0.25, 0.3) is 10.0 Å². The topological polar surface area (TPSA) is 159 Å². The Balaban J connectivity index is 1.34. The minimum atomic E-state index is -4.23. The molecule has 0 aromatic heterocycles. The molecule has 5 atom stereocenters. The zero-order valence-electron chi connectivity index (χ0n) is 22.7. The van der Waals surface area contributed by atoms with E-state index in [4.69, 9.17) is 29.5 Å². The van der Waals surface area contributed by atoms with Crippen molar-refractivity contribution < 1.29 is 42.1 Å². The average molecular weight is 592 g/mol. The first-order valence-corrected chi connectivity index (χ1v) is 15.3. The van der Waals surface area contributed by atoms with Gasteiger partial charge in [-0.2, -0.15) is 0 Å². The molecule has 3 aliphatic rings. The quantitative estimate of drug-likeness (QED) is 0.260. The molecule has 0 aliphatic carbocycles. The summed E-state index contributed by atoms with van der Waals surface area (Å²) in [6.45, 7) is 1.18. The molecule has 1 unspecified atom stereocenters. The van der Waals surface area contributed by atoms with Gasteiger partial charge in [-0.1, -0.05) is 40.9 Å². The van der Waals surface area contributed by atoms with E-state index in [2.05, 4.69) is 5.32 Å². The van der Waals surface area contributed by atoms with Gasteiger partial charge in [0.15, 0.2) is 6.29 Å². The molecule has 12 nitrogen and oxygen atoms in total. The summed E-state index contributed by atoms with van der Waals surface area (Å²) in [6, 6.07) is 14.2. The molecule has 3 saturated heterocycles. The molecule has 2 aromatic carbocycles. The highest BCUT2D eigenvalue weighted by Gasteiger charge is 2.44. The van der Waals surface area contributed by atoms with Crippen molar-refractivity contribution in [2.45, 2.75) is 61.2 Å². The van der Waals surface area contributed by atoms with Crippen molar-refractivity contribution >= 4 is 21.8 Å². The average Bonchev–Trinajstić information content (AvgIpc) is 3.59. The Morgan fingerprint density at radius 3 is 2.61 bits per heavy atom. The van der Waals surface area contributed by atoms with Crippen molar-refractivity contribution in [3.8, 4) is 0 Å². The molecular formula is C28H37N3O9S. The van der Waals surface area contributed by atoms with Gasteiger partial charge in [-0.15, -0.1) is 0 Å². The molecule has 1 amide bonds. The first kappa shape index (κ1) is 29.7. The molecule has 41 heavy (non-hydrogen) atoms. The molecule has 3 aliphatic heterocycles. The molecular weight excluding hydrogens is 554 g/mol. The van der Waals surface area contributed by atoms with E-state index in [1.807, 2.05) is 30.3 Å². The third-order valence-electron chi connectivity index (χ3n) is 7.50. The number of sulfonamides is 1. The summed E-state index contributed by atoms with van der Waals surface area (Å²) in [6.07, 6.45) is -1.46. The second-order valence-corrected chi connectivity index (χ2v) is 12.3. The normalized spacial score (nSPS) is 24.6. The number of nitrogens with one attached hydrogen (secondary N) is 1. The summed E-state index contributed by atoms with van der Waals surface area (Å²) in [4.78, 5) is 18.9. The lowest BCUT2D eigenvalue weighted by molar-refractivity contribution is -0.170. The number of carbonyl (C=O) groups is 1. The Hall–Kier alpha value is -2.78. The lowest BCUT2D eigenvalue weighted by Gasteiger charge is -2.32. The van der Waals surface area contributed by atoms with E-state index in [0.29, 0.717) is 32.7 Å². The van der Waals surface area contributed by atoms with Gasteiger partial charge in [0, 0.05) is 18.9 Å². The number of carbonyl (C=O) groups excluding carboxylic acids is 1. The zero-order valence-corrected chi connectivity index (χ0v) is 23.5. The van der Waals surface area contributed by atoms with Crippen molar-refractivity contribution in [1.29, 1.82) is 0 Å². The standard InChI is InChI=1S/C28H37N3O9S/c29-20-7-4-8-22(16-20)41(34,35)31(40-21-9-12-36-13-10-21)17-25(32)24(15-19-5-2-1-3-6-19)30-28(33)39-26-18-38-27-23(26)11-14-37-27/h1-8,16,21,23-27,32H,9-15,17-18,29H2,(H,30,33)/t23-,24-,25+,26?,27+/m0/s1. The molecule has 3 heterocycles. The fourth-order valence-electron chi connectivity index (χ4n) is 5.24. The molecule has 224 valence electrons. The van der Waals surface area contributed by atoms with Crippen molar-refractivity contribution in [2.75, 3.05) is 38.7 Å². The van der Waals surface area contributed by atoms with Gasteiger partial charge in [-0.05, 0) is 49.4 Å². The number of benzene rings is 2. The van der Waals surface area contributed by atoms with Crippen molar-refractivity contribution in [2.24, 2.45) is 5.92 Å². The number of hydroxylamine groups is 1. The number of aliphatic hydroxyl groups excluding tert-OH is 1. The molecule has 0 spiro atoms. The Morgan fingerprint density at radius 1 is 1.07 bits per heavy atom. The number of aliphatic hydroxyl groups is 1. The fraction of sp³-hybridized carbons (Fsp3) is 0.536. The Labute approximate surface area is 239 Å². The van der Waals surface area contributed by atoms with Crippen molar-refractivity contribution in [1.82, 2.24) is 9.79 Å². The number of rotatable bonds is 11. The number of alkyl carbamates (subject to hydrolysis) is 1. The van der Waals surface area contributed by atoms with E-state index in [1.165, 1.54) is 18.2 Å². The van der Waals surface area contributed by atoms with E-state index >= 15 is 0 Å². The summed E-state index contributed by atoms with van der Waals surface area (Å²) in [5.41, 5.74) is 6.97. The Kier molecular flexibility index (Phi) is 9.75. The van der Waals surface area contributed by atoms with Crippen LogP contribution in [-0.4, -0.2) is 87.7 Å². The number of ether oxygens (including phenoxy) is 4. The van der Waals surface area contributed by atoms with Crippen molar-refractivity contribution in [3.63, 3.8) is 0 Å². The van der Waals surface area contributed by atoms with Crippen molar-refractivity contribution in [3.05, 3.63) is 60.2 Å². The molecule has 0 saturated carbocycles. The van der Waals surface area contributed by atoms with Gasteiger partial charge in [-0.3, -0.25) is 4.84 Å². The maximum atomic E-state index is 13.7. The third-order valence-corrected chi connectivity index (χ3v) is 9.13. The highest BCUT2D eigenvalue weighted by Crippen LogP contribution is 2.33. The van der Waals surface area contributed by atoms with Crippen LogP contribution in [0.5, 0.6) is 0 Å². The van der Waals surface area contributed by atoms with Crippen LogP contribution < -0.4 is 11.1 Å². The van der Waals surface area contributed by atoms with E-state index in [9.17, 15) is 18.3 Å². The largest absolute Gasteiger partial charge is 0.443 e. The van der Waals surface area contributed by atoms with Gasteiger partial charge in [0.1, 0.15) is 6.10 Å². The summed E-state index contributed by atoms with van der Waals surface area (Å²) in [5.74, 6) is -0.0509. The summed E-state index contributed by atoms with van der Waals surface area (Å²) < 4.78 is 50.3. The minimum absolute atomic E-state index is 0.0509. The Bertz CT molecular complexity index is 1260. The molecule has 2 aromatic rings. The summed E-state index contributed by atoms with van der Waals surface area (Å²) >= 11 is 0. The van der Waals surface area contributed by atoms with E-state index in [-0.39, 0.29) is 35.8 Å². The van der Waals surface area contributed by atoms with Crippen LogP contribution in [0.2, 0.25) is 0 Å². The smallest absolute Gasteiger partial charge is 0.407 e. The summed E-state index contributed by atoms with van der Waals surface area (Å²) in [7, 11) is -4.23. The number of hydrogen-bond acceptors (Lipinski definition) is 10. The zero-order chi connectivity index (χ0) is 28.8. The Morgan fingerprint density at radius 2 is 1.85 bits per heavy atom. The number of nitrogen functional groups attached to an aromatic ring is 1. The van der Waals surface area contributed by atoms with E-state index in [1.54, 1.807) is 6.07 Å². The van der Waals surface area contributed by atoms with Gasteiger partial charge < -0.3 is 35.1 Å². The lowest BCUT2D eigenvalue weighted by atomic mass is 10.0. The number of hydrogen-bond donors (Lipinski definition) is 3. The van der Waals surface area contributed by atoms with Crippen LogP contribution in [0.15, 0.2) is 59.5 Å². The van der Waals surface area contributed by atoms with Crippen LogP contribution in [0.25, 0.3) is 0 Å². The number of anilines is 1. The monoisotopic (exact) mass is 591 g/mol. The number of nitrogens with zero attached hydrogens (tertiary/aromatic N) is 1. The maximum absolute atomic E-state index is 13.7. The van der Waals surface area contributed by atoms with Crippen LogP contribution >= 0.6 is 0 Å². The first-order valence-electron chi connectivity index (χ1n) is 13.8. The van der Waals surface area contributed by atoms with Gasteiger partial charge in [0.05, 0.1) is 48.8 Å². The SMILES string of the molecule is Nc1cccc(S(=O)(=O)N(C[C@@H](O)[C@H](Cc2ccccc2)NC(=O)OC2CO[C@H]3OCC[C@@H]23)OC2CCOCC2)c1. The molecule has 0 bridgehead atoms. The molecule has 5 rings (SSSR count). The molecule has 13 heteroatoms. The van der Waals surface area contributed by atoms with Gasteiger partial charge >= 0.3 is 6.09 Å². The highest BCUT2D eigenvalue weighted by molar-refractivity contribution is 7.89. The first-order chi connectivity index (χ1) is 19.8. The number of fused-ring (bicyclic) bond motifs is 1. The van der Waals surface area contributed by atoms with Crippen LogP contribution in [0.4, 0.5) is 10.5 Å². The maximum Gasteiger partial charge on any atom is 0.407 e. The van der Waals surface area contributed by atoms with Gasteiger partial charge in [-0.25, -0.2) is 13.2 Å². The minimum Gasteiger partial charge on any atom is -0.443 e. The van der Waals surface area contributed by atoms with E-state index < -0.39 is 47.0 Å². The summed E-state index contributed by atoms with van der Waals surface area (Å²) in [5, 5.41) is 14.2. The predicted molar refractivity (Wildman–Crippen MR) is 147 cm³/mol. The number of amides is 1. The lowest BCUT2D eigenvalue weighted by Crippen LogP contribution is -2.52. The third kappa shape index (κ3) is 7.55. The van der Waals surface area contributed by atoms with Gasteiger partial charge in [0.2, 0.25) is 0 Å². The van der Waals surface area contributed by atoms with E-state index in [0.717, 1.165) is 16.5 Å². The molecule has 0 radical (unpaired) electrons. The predicted octanol–water partition coefficient (Wildman–Crippen LogP) is 1.83. The van der Waals surface area contributed by atoms with Crippen LogP contribution in [-0.2, 0) is 40.2 Å².